The van der Waals surface area contributed by atoms with Crippen molar-refractivity contribution in [3.05, 3.63) is 60.7 Å². The topological polar surface area (TPSA) is 76.7 Å². The minimum absolute atomic E-state index is 0.235. The Labute approximate surface area is 164 Å². The third-order valence-corrected chi connectivity index (χ3v) is 4.45. The van der Waals surface area contributed by atoms with E-state index in [0.717, 1.165) is 11.5 Å². The van der Waals surface area contributed by atoms with Gasteiger partial charge in [0.05, 0.1) is 25.0 Å². The van der Waals surface area contributed by atoms with Gasteiger partial charge in [-0.3, -0.25) is 9.59 Å². The molecule has 0 radical (unpaired) electrons. The summed E-state index contributed by atoms with van der Waals surface area (Å²) in [6.45, 7) is 8.85. The molecule has 2 N–H and O–H groups in total. The highest BCUT2D eigenvalue weighted by Gasteiger charge is 2.52. The molecule has 1 aliphatic rings. The molecule has 0 saturated heterocycles. The average Bonchev–Trinajstić information content (AvgIpc) is 3.37. The Morgan fingerprint density at radius 3 is 1.46 bits per heavy atom. The average molecular weight is 380 g/mol. The van der Waals surface area contributed by atoms with Crippen LogP contribution >= 0.6 is 0 Å². The molecule has 6 heteroatoms. The zero-order valence-corrected chi connectivity index (χ0v) is 16.0. The van der Waals surface area contributed by atoms with Gasteiger partial charge in [0, 0.05) is 11.4 Å². The number of hydrogen-bond acceptors (Lipinski definition) is 4. The van der Waals surface area contributed by atoms with E-state index in [-0.39, 0.29) is 11.8 Å². The Hall–Kier alpha value is -3.28. The van der Waals surface area contributed by atoms with Gasteiger partial charge in [-0.2, -0.15) is 0 Å². The molecule has 0 spiro atoms. The monoisotopic (exact) mass is 380 g/mol. The number of carbonyl (C=O) groups excluding carboxylic acids is 2. The third-order valence-electron chi connectivity index (χ3n) is 4.45. The summed E-state index contributed by atoms with van der Waals surface area (Å²) in [6, 6.07) is 14.2. The number of nitrogens with one attached hydrogen (secondary N) is 2. The van der Waals surface area contributed by atoms with E-state index in [1.807, 2.05) is 13.8 Å². The van der Waals surface area contributed by atoms with Gasteiger partial charge in [0.2, 0.25) is 11.8 Å². The molecule has 2 aromatic rings. The molecular formula is C22H24N2O4. The molecule has 6 nitrogen and oxygen atoms in total. The van der Waals surface area contributed by atoms with Crippen LogP contribution < -0.4 is 20.1 Å². The van der Waals surface area contributed by atoms with Crippen molar-refractivity contribution in [2.45, 2.75) is 13.8 Å². The maximum atomic E-state index is 12.5. The lowest BCUT2D eigenvalue weighted by molar-refractivity contribution is -0.122. The Morgan fingerprint density at radius 2 is 1.14 bits per heavy atom. The van der Waals surface area contributed by atoms with Crippen molar-refractivity contribution >= 4 is 23.2 Å². The van der Waals surface area contributed by atoms with Crippen molar-refractivity contribution in [3.63, 3.8) is 0 Å². The van der Waals surface area contributed by atoms with Gasteiger partial charge in [0.25, 0.3) is 0 Å². The van der Waals surface area contributed by atoms with Gasteiger partial charge >= 0.3 is 0 Å². The molecule has 0 heterocycles. The van der Waals surface area contributed by atoms with Crippen molar-refractivity contribution in [3.8, 4) is 11.5 Å². The smallest absolute Gasteiger partial charge is 0.232 e. The van der Waals surface area contributed by atoms with Crippen LogP contribution in [0.4, 0.5) is 11.4 Å². The first kappa shape index (κ1) is 19.5. The fourth-order valence-corrected chi connectivity index (χ4v) is 3.00. The lowest BCUT2D eigenvalue weighted by Crippen LogP contribution is -2.20. The van der Waals surface area contributed by atoms with Gasteiger partial charge in [0.15, 0.2) is 0 Å². The van der Waals surface area contributed by atoms with Crippen LogP contribution in [0.2, 0.25) is 0 Å². The number of ether oxygens (including phenoxy) is 2. The number of benzene rings is 2. The third kappa shape index (κ3) is 4.52. The normalized spacial score (nSPS) is 17.6. The Kier molecular flexibility index (Phi) is 5.99. The highest BCUT2D eigenvalue weighted by Crippen LogP contribution is 2.45. The molecule has 1 aliphatic carbocycles. The van der Waals surface area contributed by atoms with Crippen LogP contribution in [-0.2, 0) is 9.59 Å². The minimum atomic E-state index is -0.519. The first-order chi connectivity index (χ1) is 13.5. The molecule has 0 aromatic heterocycles. The van der Waals surface area contributed by atoms with Gasteiger partial charge in [-0.15, -0.1) is 0 Å². The molecule has 2 aromatic carbocycles. The fraction of sp³-hybridized carbons (Fsp3) is 0.273. The molecule has 1 fully saturated rings. The predicted octanol–water partition coefficient (Wildman–Crippen LogP) is 3.86. The van der Waals surface area contributed by atoms with Crippen LogP contribution in [0.3, 0.4) is 0 Å². The number of hydrogen-bond donors (Lipinski definition) is 2. The van der Waals surface area contributed by atoms with Crippen molar-refractivity contribution in [1.82, 2.24) is 0 Å². The second-order valence-electron chi connectivity index (χ2n) is 6.42. The van der Waals surface area contributed by atoms with Crippen LogP contribution in [0.1, 0.15) is 13.8 Å². The van der Waals surface area contributed by atoms with Crippen LogP contribution in [0, 0.1) is 11.8 Å². The Morgan fingerprint density at radius 1 is 0.786 bits per heavy atom. The maximum Gasteiger partial charge on any atom is 0.232 e. The summed E-state index contributed by atoms with van der Waals surface area (Å²) in [4.78, 5) is 25.0. The molecule has 2 atom stereocenters. The van der Waals surface area contributed by atoms with Crippen LogP contribution in [0.5, 0.6) is 11.5 Å². The van der Waals surface area contributed by atoms with E-state index in [4.69, 9.17) is 9.47 Å². The van der Waals surface area contributed by atoms with Crippen LogP contribution in [0.25, 0.3) is 0 Å². The molecule has 0 bridgehead atoms. The minimum Gasteiger partial charge on any atom is -0.494 e. The predicted molar refractivity (Wildman–Crippen MR) is 109 cm³/mol. The lowest BCUT2D eigenvalue weighted by Gasteiger charge is -2.08. The van der Waals surface area contributed by atoms with E-state index in [1.54, 1.807) is 48.5 Å². The summed E-state index contributed by atoms with van der Waals surface area (Å²) >= 11 is 0. The molecule has 1 saturated carbocycles. The second-order valence-corrected chi connectivity index (χ2v) is 6.42. The molecule has 146 valence electrons. The number of amides is 2. The highest BCUT2D eigenvalue weighted by atomic mass is 16.5. The summed E-state index contributed by atoms with van der Waals surface area (Å²) in [6.07, 6.45) is 0. The number of carbonyl (C=O) groups is 2. The van der Waals surface area contributed by atoms with Gasteiger partial charge < -0.3 is 20.1 Å². The summed E-state index contributed by atoms with van der Waals surface area (Å²) in [5.74, 6) is -0.0292. The molecule has 0 unspecified atom stereocenters. The second kappa shape index (κ2) is 8.61. The molecule has 0 aliphatic heterocycles. The van der Waals surface area contributed by atoms with Gasteiger partial charge in [-0.25, -0.2) is 0 Å². The largest absolute Gasteiger partial charge is 0.494 e. The zero-order valence-electron chi connectivity index (χ0n) is 16.0. The van der Waals surface area contributed by atoms with Crippen LogP contribution in [-0.4, -0.2) is 25.0 Å². The molecule has 3 rings (SSSR count). The van der Waals surface area contributed by atoms with Crippen molar-refractivity contribution in [1.29, 1.82) is 0 Å². The quantitative estimate of drug-likeness (QED) is 0.682. The highest BCUT2D eigenvalue weighted by molar-refractivity contribution is 6.08. The Balaban J connectivity index is 1.55. The number of anilines is 2. The summed E-state index contributed by atoms with van der Waals surface area (Å²) in [5, 5.41) is 5.64. The van der Waals surface area contributed by atoms with E-state index in [1.165, 1.54) is 0 Å². The molecule has 28 heavy (non-hydrogen) atoms. The standard InChI is InChI=1S/C22H24N2O4/c1-4-27-17-10-6-15(7-11-17)23-21(25)19-14(3)20(19)22(26)24-16-8-12-18(13-9-16)28-5-2/h6-13,19-20H,3-5H2,1-2H3,(H,23,25)(H,24,26)/t19-,20-/m0/s1. The van der Waals surface area contributed by atoms with E-state index in [9.17, 15) is 9.59 Å². The van der Waals surface area contributed by atoms with Gasteiger partial charge in [0.1, 0.15) is 11.5 Å². The van der Waals surface area contributed by atoms with E-state index >= 15 is 0 Å². The van der Waals surface area contributed by atoms with Crippen molar-refractivity contribution in [2.24, 2.45) is 11.8 Å². The SMILES string of the molecule is C=C1[C@H](C(=O)Nc2ccc(OCC)cc2)[C@H]1C(=O)Nc1ccc(OCC)cc1. The van der Waals surface area contributed by atoms with E-state index < -0.39 is 11.8 Å². The fourth-order valence-electron chi connectivity index (χ4n) is 3.00. The Bertz CT molecular complexity index is 788. The van der Waals surface area contributed by atoms with E-state index in [0.29, 0.717) is 30.2 Å². The molecule has 2 amide bonds. The lowest BCUT2D eigenvalue weighted by atomic mass is 10.2. The first-order valence-electron chi connectivity index (χ1n) is 9.29. The number of rotatable bonds is 8. The van der Waals surface area contributed by atoms with Gasteiger partial charge in [-0.1, -0.05) is 12.2 Å². The van der Waals surface area contributed by atoms with Crippen LogP contribution in [0.15, 0.2) is 60.7 Å². The first-order valence-corrected chi connectivity index (χ1v) is 9.29. The summed E-state index contributed by atoms with van der Waals surface area (Å²) in [7, 11) is 0. The van der Waals surface area contributed by atoms with E-state index in [2.05, 4.69) is 17.2 Å². The summed E-state index contributed by atoms with van der Waals surface area (Å²) < 4.78 is 10.8. The summed E-state index contributed by atoms with van der Waals surface area (Å²) in [5.41, 5.74) is 1.92. The van der Waals surface area contributed by atoms with Gasteiger partial charge in [-0.05, 0) is 62.4 Å². The molecular weight excluding hydrogens is 356 g/mol. The van der Waals surface area contributed by atoms with Crippen molar-refractivity contribution < 1.29 is 19.1 Å². The maximum absolute atomic E-state index is 12.5. The zero-order chi connectivity index (χ0) is 20.1. The van der Waals surface area contributed by atoms with Crippen molar-refractivity contribution in [2.75, 3.05) is 23.8 Å².